The second kappa shape index (κ2) is 3.19. The van der Waals surface area contributed by atoms with Crippen LogP contribution in [-0.4, -0.2) is 15.2 Å². The molecule has 4 heteroatoms. The van der Waals surface area contributed by atoms with Crippen LogP contribution in [0.1, 0.15) is 18.7 Å². The molecule has 0 aliphatic heterocycles. The summed E-state index contributed by atoms with van der Waals surface area (Å²) in [5.41, 5.74) is 0.537. The first-order valence-corrected chi connectivity index (χ1v) is 3.94. The van der Waals surface area contributed by atoms with Crippen molar-refractivity contribution in [2.45, 2.75) is 13.0 Å². The Morgan fingerprint density at radius 2 is 2.18 bits per heavy atom. The van der Waals surface area contributed by atoms with Gasteiger partial charge in [-0.25, -0.2) is 4.98 Å². The second-order valence-electron chi connectivity index (χ2n) is 2.22. The predicted molar refractivity (Wildman–Crippen MR) is 44.2 cm³/mol. The van der Waals surface area contributed by atoms with Crippen LogP contribution in [0, 0.1) is 0 Å². The van der Waals surface area contributed by atoms with Gasteiger partial charge in [0.25, 0.3) is 0 Å². The fourth-order valence-corrected chi connectivity index (χ4v) is 1.01. The van der Waals surface area contributed by atoms with Gasteiger partial charge in [-0.3, -0.25) is 0 Å². The van der Waals surface area contributed by atoms with Crippen molar-refractivity contribution in [2.75, 3.05) is 0 Å². The lowest BCUT2D eigenvalue weighted by Crippen LogP contribution is -1.94. The molecule has 3 nitrogen and oxygen atoms in total. The summed E-state index contributed by atoms with van der Waals surface area (Å²) >= 11 is 3.04. The summed E-state index contributed by atoms with van der Waals surface area (Å²) in [5, 5.41) is 18.1. The van der Waals surface area contributed by atoms with Crippen LogP contribution >= 0.6 is 15.9 Å². The molecule has 1 atom stereocenters. The molecular weight excluding hydrogens is 210 g/mol. The summed E-state index contributed by atoms with van der Waals surface area (Å²) in [6, 6.07) is 3.06. The Balaban J connectivity index is 3.05. The molecule has 1 rings (SSSR count). The summed E-state index contributed by atoms with van der Waals surface area (Å²) in [5.74, 6) is 0.0781. The van der Waals surface area contributed by atoms with Crippen molar-refractivity contribution in [3.63, 3.8) is 0 Å². The van der Waals surface area contributed by atoms with E-state index in [0.717, 1.165) is 0 Å². The summed E-state index contributed by atoms with van der Waals surface area (Å²) in [7, 11) is 0. The molecule has 0 radical (unpaired) electrons. The number of hydrogen-bond acceptors (Lipinski definition) is 3. The van der Waals surface area contributed by atoms with Gasteiger partial charge in [0.05, 0.1) is 11.8 Å². The standard InChI is InChI=1S/C7H8BrNO2/c1-4(10)5-2-3-6(11)7(8)9-5/h2-4,10-11H,1H3. The van der Waals surface area contributed by atoms with Crippen LogP contribution in [0.2, 0.25) is 0 Å². The summed E-state index contributed by atoms with van der Waals surface area (Å²) in [6.45, 7) is 1.62. The lowest BCUT2D eigenvalue weighted by molar-refractivity contribution is 0.194. The highest BCUT2D eigenvalue weighted by Crippen LogP contribution is 2.22. The van der Waals surface area contributed by atoms with E-state index in [1.807, 2.05) is 0 Å². The van der Waals surface area contributed by atoms with Gasteiger partial charge in [0.1, 0.15) is 10.4 Å². The molecule has 0 aromatic carbocycles. The smallest absolute Gasteiger partial charge is 0.148 e. The molecule has 1 heterocycles. The van der Waals surface area contributed by atoms with Gasteiger partial charge in [0.2, 0.25) is 0 Å². The third-order valence-corrected chi connectivity index (χ3v) is 1.86. The Hall–Kier alpha value is -0.610. The SMILES string of the molecule is CC(O)c1ccc(O)c(Br)n1. The Bertz CT molecular complexity index is 263. The van der Waals surface area contributed by atoms with Crippen LogP contribution in [0.4, 0.5) is 0 Å². The van der Waals surface area contributed by atoms with Gasteiger partial charge in [-0.1, -0.05) is 0 Å². The minimum atomic E-state index is -0.605. The van der Waals surface area contributed by atoms with Crippen LogP contribution in [0.15, 0.2) is 16.7 Å². The predicted octanol–water partition coefficient (Wildman–Crippen LogP) is 1.60. The fourth-order valence-electron chi connectivity index (χ4n) is 0.674. The van der Waals surface area contributed by atoms with Crippen molar-refractivity contribution >= 4 is 15.9 Å². The lowest BCUT2D eigenvalue weighted by atomic mass is 10.2. The van der Waals surface area contributed by atoms with Crippen molar-refractivity contribution in [1.29, 1.82) is 0 Å². The zero-order valence-electron chi connectivity index (χ0n) is 5.95. The first kappa shape index (κ1) is 8.49. The maximum atomic E-state index is 9.07. The van der Waals surface area contributed by atoms with Gasteiger partial charge in [-0.05, 0) is 35.0 Å². The number of hydrogen-bond donors (Lipinski definition) is 2. The average molecular weight is 218 g/mol. The van der Waals surface area contributed by atoms with Crippen LogP contribution in [0.3, 0.4) is 0 Å². The number of aliphatic hydroxyl groups excluding tert-OH is 1. The number of pyridine rings is 1. The molecule has 0 fully saturated rings. The van der Waals surface area contributed by atoms with E-state index in [1.54, 1.807) is 13.0 Å². The van der Waals surface area contributed by atoms with E-state index in [2.05, 4.69) is 20.9 Å². The number of aliphatic hydroxyl groups is 1. The quantitative estimate of drug-likeness (QED) is 0.704. The van der Waals surface area contributed by atoms with E-state index in [-0.39, 0.29) is 5.75 Å². The second-order valence-corrected chi connectivity index (χ2v) is 2.97. The zero-order valence-corrected chi connectivity index (χ0v) is 7.54. The van der Waals surface area contributed by atoms with Gasteiger partial charge >= 0.3 is 0 Å². The molecule has 0 saturated heterocycles. The molecule has 2 N–H and O–H groups in total. The summed E-state index contributed by atoms with van der Waals surface area (Å²) in [6.07, 6.45) is -0.605. The molecule has 1 unspecified atom stereocenters. The highest BCUT2D eigenvalue weighted by Gasteiger charge is 2.04. The molecule has 0 aliphatic rings. The van der Waals surface area contributed by atoms with Crippen molar-refractivity contribution < 1.29 is 10.2 Å². The third-order valence-electron chi connectivity index (χ3n) is 1.28. The molecule has 0 amide bonds. The Morgan fingerprint density at radius 3 is 2.64 bits per heavy atom. The van der Waals surface area contributed by atoms with Crippen molar-refractivity contribution in [3.05, 3.63) is 22.4 Å². The fraction of sp³-hybridized carbons (Fsp3) is 0.286. The van der Waals surface area contributed by atoms with Crippen molar-refractivity contribution in [1.82, 2.24) is 4.98 Å². The largest absolute Gasteiger partial charge is 0.505 e. The van der Waals surface area contributed by atoms with Crippen LogP contribution in [0.5, 0.6) is 5.75 Å². The van der Waals surface area contributed by atoms with Crippen LogP contribution < -0.4 is 0 Å². The minimum Gasteiger partial charge on any atom is -0.505 e. The highest BCUT2D eigenvalue weighted by molar-refractivity contribution is 9.10. The van der Waals surface area contributed by atoms with Gasteiger partial charge in [0, 0.05) is 0 Å². The van der Waals surface area contributed by atoms with E-state index < -0.39 is 6.10 Å². The van der Waals surface area contributed by atoms with Gasteiger partial charge < -0.3 is 10.2 Å². The van der Waals surface area contributed by atoms with Crippen LogP contribution in [-0.2, 0) is 0 Å². The van der Waals surface area contributed by atoms with Gasteiger partial charge in [-0.15, -0.1) is 0 Å². The molecule has 0 spiro atoms. The van der Waals surface area contributed by atoms with Gasteiger partial charge in [-0.2, -0.15) is 0 Å². The Kier molecular flexibility index (Phi) is 2.46. The monoisotopic (exact) mass is 217 g/mol. The molecule has 11 heavy (non-hydrogen) atoms. The van der Waals surface area contributed by atoms with Crippen LogP contribution in [0.25, 0.3) is 0 Å². The first-order chi connectivity index (χ1) is 5.11. The maximum absolute atomic E-state index is 9.07. The van der Waals surface area contributed by atoms with Crippen molar-refractivity contribution in [2.24, 2.45) is 0 Å². The van der Waals surface area contributed by atoms with E-state index >= 15 is 0 Å². The Morgan fingerprint density at radius 1 is 1.55 bits per heavy atom. The first-order valence-electron chi connectivity index (χ1n) is 3.14. The number of aromatic hydroxyl groups is 1. The minimum absolute atomic E-state index is 0.0781. The number of halogens is 1. The normalized spacial score (nSPS) is 13.0. The molecule has 60 valence electrons. The number of nitrogens with zero attached hydrogens (tertiary/aromatic N) is 1. The molecule has 1 aromatic rings. The zero-order chi connectivity index (χ0) is 8.43. The molecule has 1 aromatic heterocycles. The summed E-state index contributed by atoms with van der Waals surface area (Å²) < 4.78 is 0.357. The van der Waals surface area contributed by atoms with Crippen molar-refractivity contribution in [3.8, 4) is 5.75 Å². The van der Waals surface area contributed by atoms with E-state index in [1.165, 1.54) is 6.07 Å². The van der Waals surface area contributed by atoms with E-state index in [0.29, 0.717) is 10.3 Å². The number of rotatable bonds is 1. The topological polar surface area (TPSA) is 53.4 Å². The Labute approximate surface area is 72.8 Å². The molecule has 0 bridgehead atoms. The molecule has 0 saturated carbocycles. The lowest BCUT2D eigenvalue weighted by Gasteiger charge is -2.03. The highest BCUT2D eigenvalue weighted by atomic mass is 79.9. The van der Waals surface area contributed by atoms with E-state index in [9.17, 15) is 0 Å². The summed E-state index contributed by atoms with van der Waals surface area (Å²) in [4.78, 5) is 3.89. The van der Waals surface area contributed by atoms with Gasteiger partial charge in [0.15, 0.2) is 0 Å². The average Bonchev–Trinajstić information content (AvgIpc) is 1.94. The number of aromatic nitrogens is 1. The maximum Gasteiger partial charge on any atom is 0.148 e. The molecular formula is C7H8BrNO2. The molecule has 0 aliphatic carbocycles. The van der Waals surface area contributed by atoms with E-state index in [4.69, 9.17) is 10.2 Å². The third kappa shape index (κ3) is 1.91.